The Morgan fingerprint density at radius 3 is 2.36 bits per heavy atom. The molecule has 0 bridgehead atoms. The van der Waals surface area contributed by atoms with Gasteiger partial charge in [-0.15, -0.1) is 0 Å². The number of hydrogen-bond donors (Lipinski definition) is 0. The van der Waals surface area contributed by atoms with Crippen LogP contribution in [-0.2, 0) is 0 Å². The van der Waals surface area contributed by atoms with Gasteiger partial charge in [0.05, 0.1) is 0 Å². The van der Waals surface area contributed by atoms with Crippen LogP contribution in [0.15, 0.2) is 9.98 Å². The molecule has 0 atom stereocenters. The minimum absolute atomic E-state index is 0.417. The first-order valence-electron chi connectivity index (χ1n) is 4.56. The van der Waals surface area contributed by atoms with Crippen molar-refractivity contribution in [1.82, 2.24) is 0 Å². The summed E-state index contributed by atoms with van der Waals surface area (Å²) >= 11 is 0. The average Bonchev–Trinajstić information content (AvgIpc) is 2.08. The van der Waals surface area contributed by atoms with Crippen LogP contribution in [0.3, 0.4) is 0 Å². The SMILES string of the molecule is CCN=C(CC)CC=NCC(F)(F)F. The third-order valence-electron chi connectivity index (χ3n) is 1.52. The lowest BCUT2D eigenvalue weighted by molar-refractivity contribution is -0.118. The minimum Gasteiger partial charge on any atom is -0.294 e. The van der Waals surface area contributed by atoms with Crippen molar-refractivity contribution in [2.75, 3.05) is 13.1 Å². The van der Waals surface area contributed by atoms with Crippen LogP contribution in [0.4, 0.5) is 13.2 Å². The summed E-state index contributed by atoms with van der Waals surface area (Å²) in [5.74, 6) is 0. The van der Waals surface area contributed by atoms with Crippen molar-refractivity contribution in [2.24, 2.45) is 9.98 Å². The zero-order chi connectivity index (χ0) is 11.0. The first-order chi connectivity index (χ1) is 6.49. The van der Waals surface area contributed by atoms with Crippen LogP contribution < -0.4 is 0 Å². The molecule has 0 aromatic heterocycles. The highest BCUT2D eigenvalue weighted by Crippen LogP contribution is 2.13. The fraction of sp³-hybridized carbons (Fsp3) is 0.778. The first-order valence-corrected chi connectivity index (χ1v) is 4.56. The Bertz CT molecular complexity index is 207. The molecule has 0 aliphatic carbocycles. The van der Waals surface area contributed by atoms with E-state index in [0.717, 1.165) is 12.1 Å². The van der Waals surface area contributed by atoms with Gasteiger partial charge in [0.15, 0.2) is 0 Å². The van der Waals surface area contributed by atoms with Gasteiger partial charge in [-0.2, -0.15) is 13.2 Å². The standard InChI is InChI=1S/C9H15F3N2/c1-3-8(14-4-2)5-6-13-7-9(10,11)12/h6H,3-5,7H2,1-2H3. The van der Waals surface area contributed by atoms with Crippen LogP contribution in [0.2, 0.25) is 0 Å². The predicted molar refractivity (Wildman–Crippen MR) is 52.3 cm³/mol. The molecule has 0 saturated carbocycles. The molecule has 0 fully saturated rings. The van der Waals surface area contributed by atoms with E-state index < -0.39 is 12.7 Å². The highest BCUT2D eigenvalue weighted by Gasteiger charge is 2.25. The van der Waals surface area contributed by atoms with Crippen LogP contribution in [0.25, 0.3) is 0 Å². The highest BCUT2D eigenvalue weighted by atomic mass is 19.4. The van der Waals surface area contributed by atoms with Crippen molar-refractivity contribution in [3.63, 3.8) is 0 Å². The number of alkyl halides is 3. The second-order valence-corrected chi connectivity index (χ2v) is 2.74. The third kappa shape index (κ3) is 7.76. The molecule has 14 heavy (non-hydrogen) atoms. The predicted octanol–water partition coefficient (Wildman–Crippen LogP) is 2.88. The van der Waals surface area contributed by atoms with Gasteiger partial charge in [-0.25, -0.2) is 0 Å². The average molecular weight is 208 g/mol. The van der Waals surface area contributed by atoms with Crippen molar-refractivity contribution >= 4 is 11.9 Å². The number of aliphatic imine (C=N–C) groups is 2. The van der Waals surface area contributed by atoms with Crippen LogP contribution in [0.5, 0.6) is 0 Å². The molecule has 0 aromatic rings. The molecule has 0 rings (SSSR count). The van der Waals surface area contributed by atoms with E-state index in [9.17, 15) is 13.2 Å². The van der Waals surface area contributed by atoms with Gasteiger partial charge < -0.3 is 0 Å². The summed E-state index contributed by atoms with van der Waals surface area (Å²) < 4.78 is 35.0. The zero-order valence-electron chi connectivity index (χ0n) is 8.43. The van der Waals surface area contributed by atoms with Gasteiger partial charge in [0.25, 0.3) is 0 Å². The van der Waals surface area contributed by atoms with Gasteiger partial charge in [-0.1, -0.05) is 6.92 Å². The van der Waals surface area contributed by atoms with Gasteiger partial charge in [-0.05, 0) is 13.3 Å². The van der Waals surface area contributed by atoms with E-state index in [0.29, 0.717) is 13.0 Å². The normalized spacial score (nSPS) is 13.9. The molecule has 0 spiro atoms. The molecular formula is C9H15F3N2. The minimum atomic E-state index is -4.20. The number of halogens is 3. The Morgan fingerprint density at radius 1 is 1.29 bits per heavy atom. The van der Waals surface area contributed by atoms with Crippen molar-refractivity contribution in [3.05, 3.63) is 0 Å². The van der Waals surface area contributed by atoms with E-state index in [1.54, 1.807) is 0 Å². The molecule has 2 nitrogen and oxygen atoms in total. The second kappa shape index (κ2) is 6.56. The van der Waals surface area contributed by atoms with Crippen LogP contribution in [-0.4, -0.2) is 31.2 Å². The van der Waals surface area contributed by atoms with Crippen molar-refractivity contribution in [1.29, 1.82) is 0 Å². The number of nitrogens with zero attached hydrogens (tertiary/aromatic N) is 2. The van der Waals surface area contributed by atoms with Gasteiger partial charge in [0.1, 0.15) is 6.54 Å². The zero-order valence-corrected chi connectivity index (χ0v) is 8.43. The maximum atomic E-state index is 11.7. The van der Waals surface area contributed by atoms with Crippen LogP contribution in [0, 0.1) is 0 Å². The highest BCUT2D eigenvalue weighted by molar-refractivity contribution is 5.95. The first kappa shape index (κ1) is 13.1. The molecule has 0 N–H and O–H groups in total. The lowest BCUT2D eigenvalue weighted by Crippen LogP contribution is -2.12. The molecule has 0 unspecified atom stereocenters. The number of hydrogen-bond acceptors (Lipinski definition) is 2. The maximum absolute atomic E-state index is 11.7. The summed E-state index contributed by atoms with van der Waals surface area (Å²) in [5.41, 5.74) is 0.887. The molecular weight excluding hydrogens is 193 g/mol. The lowest BCUT2D eigenvalue weighted by Gasteiger charge is -2.01. The van der Waals surface area contributed by atoms with Crippen molar-refractivity contribution < 1.29 is 13.2 Å². The van der Waals surface area contributed by atoms with Crippen molar-refractivity contribution in [2.45, 2.75) is 32.9 Å². The molecule has 0 aromatic carbocycles. The van der Waals surface area contributed by atoms with Crippen molar-refractivity contribution in [3.8, 4) is 0 Å². The fourth-order valence-electron chi connectivity index (χ4n) is 0.882. The fourth-order valence-corrected chi connectivity index (χ4v) is 0.882. The van der Waals surface area contributed by atoms with Crippen LogP contribution in [0.1, 0.15) is 26.7 Å². The summed E-state index contributed by atoms with van der Waals surface area (Å²) in [6.45, 7) is 3.38. The summed E-state index contributed by atoms with van der Waals surface area (Å²) in [6, 6.07) is 0. The topological polar surface area (TPSA) is 24.7 Å². The Kier molecular flexibility index (Phi) is 6.16. The van der Waals surface area contributed by atoms with E-state index in [2.05, 4.69) is 9.98 Å². The largest absolute Gasteiger partial charge is 0.407 e. The maximum Gasteiger partial charge on any atom is 0.407 e. The quantitative estimate of drug-likeness (QED) is 0.621. The van der Waals surface area contributed by atoms with Gasteiger partial charge in [-0.3, -0.25) is 9.98 Å². The van der Waals surface area contributed by atoms with E-state index in [1.807, 2.05) is 13.8 Å². The van der Waals surface area contributed by atoms with Gasteiger partial charge >= 0.3 is 6.18 Å². The van der Waals surface area contributed by atoms with Crippen LogP contribution >= 0.6 is 0 Å². The summed E-state index contributed by atoms with van der Waals surface area (Å²) in [4.78, 5) is 7.40. The Labute approximate surface area is 81.9 Å². The third-order valence-corrected chi connectivity index (χ3v) is 1.52. The summed E-state index contributed by atoms with van der Waals surface area (Å²) in [7, 11) is 0. The summed E-state index contributed by atoms with van der Waals surface area (Å²) in [6.07, 6.45) is -1.75. The Hall–Kier alpha value is -0.870. The number of rotatable bonds is 5. The van der Waals surface area contributed by atoms with E-state index in [4.69, 9.17) is 0 Å². The smallest absolute Gasteiger partial charge is 0.294 e. The molecule has 0 aliphatic heterocycles. The van der Waals surface area contributed by atoms with Gasteiger partial charge in [0, 0.05) is 24.9 Å². The summed E-state index contributed by atoms with van der Waals surface area (Å²) in [5, 5.41) is 0. The molecule has 0 aliphatic rings. The molecule has 0 heterocycles. The molecule has 82 valence electrons. The molecule has 5 heteroatoms. The second-order valence-electron chi connectivity index (χ2n) is 2.74. The molecule has 0 radical (unpaired) electrons. The van der Waals surface area contributed by atoms with E-state index >= 15 is 0 Å². The van der Waals surface area contributed by atoms with E-state index in [-0.39, 0.29) is 0 Å². The Balaban J connectivity index is 3.86. The Morgan fingerprint density at radius 2 is 1.93 bits per heavy atom. The van der Waals surface area contributed by atoms with E-state index in [1.165, 1.54) is 6.21 Å². The molecule has 0 amide bonds. The van der Waals surface area contributed by atoms with Gasteiger partial charge in [0.2, 0.25) is 0 Å². The molecule has 0 saturated heterocycles. The lowest BCUT2D eigenvalue weighted by atomic mass is 10.2. The monoisotopic (exact) mass is 208 g/mol.